The average molecular weight is 559 g/mol. The standard InChI is InChI=1S/C30H66N6O3/c1-7-13-19-31(25-37)28-34(22-16-10-4)29(32(26-38)20-14-8-2)36(24-18-12-6)30(35(28)23-17-11-5)33(27-39)21-15-9-3/h28-30,37-39H,7-27H2,1-6H3. The van der Waals surface area contributed by atoms with Crippen LogP contribution >= 0.6 is 0 Å². The van der Waals surface area contributed by atoms with Crippen molar-refractivity contribution in [2.75, 3.05) is 59.5 Å². The van der Waals surface area contributed by atoms with Crippen LogP contribution in [0.5, 0.6) is 0 Å². The Labute approximate surface area is 241 Å². The number of rotatable bonds is 24. The van der Waals surface area contributed by atoms with E-state index in [1.165, 1.54) is 0 Å². The second-order valence-electron chi connectivity index (χ2n) is 11.2. The van der Waals surface area contributed by atoms with Crippen molar-refractivity contribution in [1.29, 1.82) is 0 Å². The normalized spacial score (nSPS) is 21.7. The summed E-state index contributed by atoms with van der Waals surface area (Å²) in [5, 5.41) is 32.3. The van der Waals surface area contributed by atoms with Crippen molar-refractivity contribution in [2.45, 2.75) is 137 Å². The molecule has 0 saturated carbocycles. The van der Waals surface area contributed by atoms with Crippen LogP contribution in [0.4, 0.5) is 0 Å². The molecule has 0 aromatic heterocycles. The van der Waals surface area contributed by atoms with Gasteiger partial charge >= 0.3 is 0 Å². The third-order valence-electron chi connectivity index (χ3n) is 8.01. The fourth-order valence-corrected chi connectivity index (χ4v) is 5.76. The Morgan fingerprint density at radius 3 is 0.821 bits per heavy atom. The number of hydrogen-bond acceptors (Lipinski definition) is 9. The second-order valence-corrected chi connectivity index (χ2v) is 11.2. The van der Waals surface area contributed by atoms with E-state index in [4.69, 9.17) is 0 Å². The molecular weight excluding hydrogens is 492 g/mol. The Hall–Kier alpha value is -0.360. The first-order chi connectivity index (χ1) is 19.0. The molecule has 0 unspecified atom stereocenters. The summed E-state index contributed by atoms with van der Waals surface area (Å²) in [5.74, 6) is 0. The third-order valence-corrected chi connectivity index (χ3v) is 8.01. The molecule has 0 aromatic rings. The molecule has 0 spiro atoms. The SMILES string of the molecule is CCCCN(CO)C1N(CCCC)C(N(CO)CCCC)N(CCCC)C(N(CO)CCCC)N1CCCC. The van der Waals surface area contributed by atoms with Crippen LogP contribution in [0.3, 0.4) is 0 Å². The van der Waals surface area contributed by atoms with Crippen molar-refractivity contribution in [3.63, 3.8) is 0 Å². The van der Waals surface area contributed by atoms with Crippen molar-refractivity contribution < 1.29 is 15.3 Å². The lowest BCUT2D eigenvalue weighted by atomic mass is 10.1. The maximum Gasteiger partial charge on any atom is 0.125 e. The Morgan fingerprint density at radius 2 is 0.641 bits per heavy atom. The smallest absolute Gasteiger partial charge is 0.125 e. The molecule has 3 N–H and O–H groups in total. The van der Waals surface area contributed by atoms with Crippen molar-refractivity contribution >= 4 is 0 Å². The highest BCUT2D eigenvalue weighted by Gasteiger charge is 2.50. The molecule has 0 amide bonds. The van der Waals surface area contributed by atoms with Crippen molar-refractivity contribution in [3.05, 3.63) is 0 Å². The van der Waals surface area contributed by atoms with Gasteiger partial charge in [0.25, 0.3) is 0 Å². The minimum atomic E-state index is -0.112. The number of nitrogens with zero attached hydrogens (tertiary/aromatic N) is 6. The fourth-order valence-electron chi connectivity index (χ4n) is 5.76. The molecule has 9 heteroatoms. The van der Waals surface area contributed by atoms with Gasteiger partial charge in [0.2, 0.25) is 0 Å². The van der Waals surface area contributed by atoms with Crippen LogP contribution < -0.4 is 0 Å². The highest BCUT2D eigenvalue weighted by atomic mass is 16.3. The van der Waals surface area contributed by atoms with Gasteiger partial charge in [0.15, 0.2) is 0 Å². The molecule has 0 aromatic carbocycles. The fraction of sp³-hybridized carbons (Fsp3) is 1.00. The number of hydrogen-bond donors (Lipinski definition) is 3. The predicted octanol–water partition coefficient (Wildman–Crippen LogP) is 4.31. The quantitative estimate of drug-likeness (QED) is 0.150. The lowest BCUT2D eigenvalue weighted by molar-refractivity contribution is -0.302. The summed E-state index contributed by atoms with van der Waals surface area (Å²) >= 11 is 0. The van der Waals surface area contributed by atoms with E-state index in [0.717, 1.165) is 116 Å². The van der Waals surface area contributed by atoms with E-state index in [2.05, 4.69) is 70.9 Å². The molecule has 1 rings (SSSR count). The minimum absolute atomic E-state index is 0.00745. The zero-order valence-corrected chi connectivity index (χ0v) is 26.6. The molecule has 9 nitrogen and oxygen atoms in total. The average Bonchev–Trinajstić information content (AvgIpc) is 2.96. The van der Waals surface area contributed by atoms with Crippen molar-refractivity contribution in [3.8, 4) is 0 Å². The summed E-state index contributed by atoms with van der Waals surface area (Å²) in [7, 11) is 0. The lowest BCUT2D eigenvalue weighted by Gasteiger charge is -2.63. The molecule has 1 heterocycles. The van der Waals surface area contributed by atoms with Gasteiger partial charge in [0.05, 0.1) is 20.2 Å². The largest absolute Gasteiger partial charge is 0.381 e. The van der Waals surface area contributed by atoms with Gasteiger partial charge < -0.3 is 15.3 Å². The molecule has 1 aliphatic rings. The first-order valence-electron chi connectivity index (χ1n) is 16.4. The molecule has 1 fully saturated rings. The Bertz CT molecular complexity index is 487. The van der Waals surface area contributed by atoms with Gasteiger partial charge in [-0.3, -0.25) is 14.7 Å². The van der Waals surface area contributed by atoms with E-state index in [9.17, 15) is 15.3 Å². The van der Waals surface area contributed by atoms with E-state index < -0.39 is 0 Å². The van der Waals surface area contributed by atoms with Gasteiger partial charge in [0.1, 0.15) is 18.9 Å². The second kappa shape index (κ2) is 22.3. The minimum Gasteiger partial charge on any atom is -0.381 e. The van der Waals surface area contributed by atoms with Gasteiger partial charge in [-0.15, -0.1) is 0 Å². The van der Waals surface area contributed by atoms with Crippen LogP contribution in [0.15, 0.2) is 0 Å². The van der Waals surface area contributed by atoms with Crippen LogP contribution in [0.2, 0.25) is 0 Å². The van der Waals surface area contributed by atoms with E-state index in [1.54, 1.807) is 0 Å². The summed E-state index contributed by atoms with van der Waals surface area (Å²) < 4.78 is 0. The maximum absolute atomic E-state index is 10.8. The number of aliphatic hydroxyl groups excluding tert-OH is 3. The summed E-state index contributed by atoms with van der Waals surface area (Å²) in [6.07, 6.45) is 12.4. The van der Waals surface area contributed by atoms with Gasteiger partial charge in [0, 0.05) is 39.3 Å². The van der Waals surface area contributed by atoms with E-state index in [0.29, 0.717) is 0 Å². The van der Waals surface area contributed by atoms with E-state index in [1.807, 2.05) is 0 Å². The first-order valence-corrected chi connectivity index (χ1v) is 16.4. The molecule has 0 aliphatic carbocycles. The van der Waals surface area contributed by atoms with Gasteiger partial charge in [-0.2, -0.15) is 0 Å². The van der Waals surface area contributed by atoms with Gasteiger partial charge in [-0.1, -0.05) is 80.1 Å². The van der Waals surface area contributed by atoms with Crippen LogP contribution in [0.1, 0.15) is 119 Å². The van der Waals surface area contributed by atoms with E-state index in [-0.39, 0.29) is 39.1 Å². The highest BCUT2D eigenvalue weighted by molar-refractivity contribution is 4.91. The Morgan fingerprint density at radius 1 is 0.410 bits per heavy atom. The summed E-state index contributed by atoms with van der Waals surface area (Å²) in [5.41, 5.74) is 0. The third kappa shape index (κ3) is 11.1. The Balaban J connectivity index is 3.87. The Kier molecular flexibility index (Phi) is 20.9. The molecular formula is C30H66N6O3. The van der Waals surface area contributed by atoms with Crippen molar-refractivity contribution in [1.82, 2.24) is 29.4 Å². The molecule has 0 radical (unpaired) electrons. The summed E-state index contributed by atoms with van der Waals surface area (Å²) in [6.45, 7) is 18.4. The van der Waals surface area contributed by atoms with Gasteiger partial charge in [-0.05, 0) is 38.5 Å². The topological polar surface area (TPSA) is 80.1 Å². The van der Waals surface area contributed by atoms with E-state index >= 15 is 0 Å². The summed E-state index contributed by atoms with van der Waals surface area (Å²) in [6, 6.07) is 0. The number of aliphatic hydroxyl groups is 3. The van der Waals surface area contributed by atoms with Crippen LogP contribution in [-0.4, -0.2) is 123 Å². The molecule has 0 bridgehead atoms. The van der Waals surface area contributed by atoms with Crippen LogP contribution in [0, 0.1) is 0 Å². The zero-order valence-electron chi connectivity index (χ0n) is 26.6. The molecule has 0 atom stereocenters. The van der Waals surface area contributed by atoms with Crippen molar-refractivity contribution in [2.24, 2.45) is 0 Å². The van der Waals surface area contributed by atoms with Gasteiger partial charge in [-0.25, -0.2) is 14.7 Å². The predicted molar refractivity (Wildman–Crippen MR) is 162 cm³/mol. The molecule has 1 saturated heterocycles. The maximum atomic E-state index is 10.8. The van der Waals surface area contributed by atoms with Crippen LogP contribution in [-0.2, 0) is 0 Å². The summed E-state index contributed by atoms with van der Waals surface area (Å²) in [4.78, 5) is 14.4. The molecule has 39 heavy (non-hydrogen) atoms. The molecule has 1 aliphatic heterocycles. The number of unbranched alkanes of at least 4 members (excludes halogenated alkanes) is 6. The highest BCUT2D eigenvalue weighted by Crippen LogP contribution is 2.33. The monoisotopic (exact) mass is 559 g/mol. The molecule has 234 valence electrons. The lowest BCUT2D eigenvalue weighted by Crippen LogP contribution is -2.80. The zero-order chi connectivity index (χ0) is 29.0. The van der Waals surface area contributed by atoms with Crippen LogP contribution in [0.25, 0.3) is 0 Å². The first kappa shape index (κ1) is 36.7.